The molecule has 0 saturated heterocycles. The van der Waals surface area contributed by atoms with Gasteiger partial charge in [-0.1, -0.05) is 0 Å². The molecule has 0 aromatic heterocycles. The van der Waals surface area contributed by atoms with Crippen LogP contribution in [0, 0.1) is 0 Å². The first kappa shape index (κ1) is 13.9. The molecule has 0 fully saturated rings. The van der Waals surface area contributed by atoms with Crippen LogP contribution in [-0.2, 0) is 4.79 Å². The molecule has 0 aromatic rings. The third kappa shape index (κ3) is 2.57. The first-order chi connectivity index (χ1) is 8.25. The summed E-state index contributed by atoms with van der Waals surface area (Å²) in [5, 5.41) is 37.5. The minimum absolute atomic E-state index is 0.0902. The Labute approximate surface area is 104 Å². The van der Waals surface area contributed by atoms with Crippen molar-refractivity contribution in [1.29, 1.82) is 0 Å². The molecule has 1 aliphatic rings. The number of nitrogens with zero attached hydrogens (tertiary/aromatic N) is 1. The lowest BCUT2D eigenvalue weighted by atomic mass is 9.97. The molecule has 1 unspecified atom stereocenters. The van der Waals surface area contributed by atoms with E-state index in [9.17, 15) is 20.1 Å². The van der Waals surface area contributed by atoms with Crippen LogP contribution in [0.1, 0.15) is 6.42 Å². The summed E-state index contributed by atoms with van der Waals surface area (Å²) in [6, 6.07) is -1.36. The monoisotopic (exact) mass is 256 g/mol. The van der Waals surface area contributed by atoms with Crippen molar-refractivity contribution >= 4 is 5.97 Å². The van der Waals surface area contributed by atoms with Crippen molar-refractivity contribution in [3.05, 3.63) is 34.6 Å². The van der Waals surface area contributed by atoms with E-state index in [2.05, 4.69) is 0 Å². The molecular formula is C11H16N2O5. The maximum Gasteiger partial charge on any atom is 0.326 e. The van der Waals surface area contributed by atoms with Gasteiger partial charge in [-0.05, 0) is 0 Å². The van der Waals surface area contributed by atoms with Gasteiger partial charge in [0, 0.05) is 37.9 Å². The smallest absolute Gasteiger partial charge is 0.326 e. The number of hydrogen-bond donors (Lipinski definition) is 5. The van der Waals surface area contributed by atoms with E-state index in [-0.39, 0.29) is 23.5 Å². The van der Waals surface area contributed by atoms with Crippen LogP contribution in [0.25, 0.3) is 0 Å². The standard InChI is InChI=1S/C11H16N2O5/c1-13(2)9(8(12)11(17)18)6-3-5(14)4-7(15)10(6)16/h4,8,14-16H,3,12H2,1-2H3,(H,17,18). The molecule has 7 nitrogen and oxygen atoms in total. The van der Waals surface area contributed by atoms with Crippen LogP contribution in [0.15, 0.2) is 34.6 Å². The Morgan fingerprint density at radius 1 is 1.39 bits per heavy atom. The lowest BCUT2D eigenvalue weighted by Gasteiger charge is -2.26. The zero-order valence-electron chi connectivity index (χ0n) is 10.1. The van der Waals surface area contributed by atoms with Crippen LogP contribution in [0.2, 0.25) is 0 Å². The van der Waals surface area contributed by atoms with Crippen molar-refractivity contribution in [2.75, 3.05) is 14.1 Å². The highest BCUT2D eigenvalue weighted by Crippen LogP contribution is 2.29. The molecule has 6 N–H and O–H groups in total. The van der Waals surface area contributed by atoms with E-state index >= 15 is 0 Å². The van der Waals surface area contributed by atoms with Gasteiger partial charge in [0.05, 0.1) is 0 Å². The first-order valence-corrected chi connectivity index (χ1v) is 5.16. The molecule has 1 atom stereocenters. The fraction of sp³-hybridized carbons (Fsp3) is 0.364. The van der Waals surface area contributed by atoms with Gasteiger partial charge in [0.1, 0.15) is 11.8 Å². The average Bonchev–Trinajstić information content (AvgIpc) is 2.24. The number of carbonyl (C=O) groups is 1. The van der Waals surface area contributed by atoms with Crippen molar-refractivity contribution in [2.24, 2.45) is 5.73 Å². The maximum atomic E-state index is 10.9. The van der Waals surface area contributed by atoms with Crippen LogP contribution in [0.4, 0.5) is 0 Å². The zero-order valence-corrected chi connectivity index (χ0v) is 10.1. The van der Waals surface area contributed by atoms with E-state index in [4.69, 9.17) is 10.8 Å². The number of carboxylic acid groups (broad SMARTS) is 1. The highest BCUT2D eigenvalue weighted by Gasteiger charge is 2.28. The normalized spacial score (nSPS) is 20.3. The molecule has 0 amide bonds. The number of aliphatic hydroxyl groups is 3. The summed E-state index contributed by atoms with van der Waals surface area (Å²) >= 11 is 0. The number of nitrogens with two attached hydrogens (primary N) is 1. The Bertz CT molecular complexity index is 462. The minimum Gasteiger partial charge on any atom is -0.512 e. The van der Waals surface area contributed by atoms with Crippen LogP contribution in [0.3, 0.4) is 0 Å². The summed E-state index contributed by atoms with van der Waals surface area (Å²) in [7, 11) is 3.12. The quantitative estimate of drug-likeness (QED) is 0.494. The Morgan fingerprint density at radius 2 is 1.94 bits per heavy atom. The Hall–Kier alpha value is -2.15. The third-order valence-corrected chi connectivity index (χ3v) is 2.54. The van der Waals surface area contributed by atoms with Crippen LogP contribution >= 0.6 is 0 Å². The molecule has 0 aromatic carbocycles. The van der Waals surface area contributed by atoms with Crippen molar-refractivity contribution in [1.82, 2.24) is 4.90 Å². The van der Waals surface area contributed by atoms with Gasteiger partial charge in [0.15, 0.2) is 11.5 Å². The van der Waals surface area contributed by atoms with Crippen LogP contribution in [-0.4, -0.2) is 51.4 Å². The molecule has 0 heterocycles. The number of aliphatic hydroxyl groups excluding tert-OH is 3. The van der Waals surface area contributed by atoms with Gasteiger partial charge >= 0.3 is 5.97 Å². The SMILES string of the molecule is CN(C)C(=C1CC(O)=CC(O)=C1O)C(N)C(=O)O. The number of rotatable bonds is 3. The topological polar surface area (TPSA) is 127 Å². The first-order valence-electron chi connectivity index (χ1n) is 5.16. The van der Waals surface area contributed by atoms with Crippen molar-refractivity contribution in [3.8, 4) is 0 Å². The number of aliphatic carboxylic acids is 1. The lowest BCUT2D eigenvalue weighted by molar-refractivity contribution is -0.137. The van der Waals surface area contributed by atoms with E-state index < -0.39 is 23.5 Å². The molecule has 0 aliphatic heterocycles. The van der Waals surface area contributed by atoms with E-state index in [0.717, 1.165) is 6.08 Å². The van der Waals surface area contributed by atoms with Crippen LogP contribution in [0.5, 0.6) is 0 Å². The fourth-order valence-electron chi connectivity index (χ4n) is 1.76. The van der Waals surface area contributed by atoms with Crippen molar-refractivity contribution in [2.45, 2.75) is 12.5 Å². The predicted octanol–water partition coefficient (Wildman–Crippen LogP) is 0.387. The van der Waals surface area contributed by atoms with E-state index in [1.165, 1.54) is 4.90 Å². The van der Waals surface area contributed by atoms with Gasteiger partial charge in [-0.25, -0.2) is 0 Å². The molecular weight excluding hydrogens is 240 g/mol. The van der Waals surface area contributed by atoms with Gasteiger partial charge in [-0.15, -0.1) is 0 Å². The van der Waals surface area contributed by atoms with Crippen LogP contribution < -0.4 is 5.73 Å². The van der Waals surface area contributed by atoms with E-state index in [1.54, 1.807) is 14.1 Å². The summed E-state index contributed by atoms with van der Waals surface area (Å²) in [6.07, 6.45) is 0.906. The Morgan fingerprint density at radius 3 is 2.39 bits per heavy atom. The van der Waals surface area contributed by atoms with Crippen molar-refractivity contribution in [3.63, 3.8) is 0 Å². The van der Waals surface area contributed by atoms with Gasteiger partial charge in [0.25, 0.3) is 0 Å². The molecule has 0 radical (unpaired) electrons. The largest absolute Gasteiger partial charge is 0.512 e. The summed E-state index contributed by atoms with van der Waals surface area (Å²) in [4.78, 5) is 12.4. The second-order valence-corrected chi connectivity index (χ2v) is 4.12. The highest BCUT2D eigenvalue weighted by molar-refractivity contribution is 5.77. The molecule has 100 valence electrons. The summed E-state index contributed by atoms with van der Waals surface area (Å²) in [6.45, 7) is 0. The summed E-state index contributed by atoms with van der Waals surface area (Å²) in [5.74, 6) is -2.45. The Kier molecular flexibility index (Phi) is 3.87. The van der Waals surface area contributed by atoms with E-state index in [1.807, 2.05) is 0 Å². The highest BCUT2D eigenvalue weighted by atomic mass is 16.4. The number of allylic oxidation sites excluding steroid dienone is 3. The van der Waals surface area contributed by atoms with Gasteiger partial charge < -0.3 is 31.1 Å². The summed E-state index contributed by atoms with van der Waals surface area (Å²) < 4.78 is 0. The maximum absolute atomic E-state index is 10.9. The molecule has 1 rings (SSSR count). The summed E-state index contributed by atoms with van der Waals surface area (Å²) in [5.41, 5.74) is 5.74. The molecule has 0 saturated carbocycles. The molecule has 1 aliphatic carbocycles. The van der Waals surface area contributed by atoms with Gasteiger partial charge in [-0.3, -0.25) is 4.79 Å². The molecule has 0 bridgehead atoms. The lowest BCUT2D eigenvalue weighted by Crippen LogP contribution is -2.39. The zero-order chi connectivity index (χ0) is 14.0. The number of carboxylic acids is 1. The molecule has 7 heteroatoms. The second kappa shape index (κ2) is 5.01. The molecule has 18 heavy (non-hydrogen) atoms. The Balaban J connectivity index is 3.39. The number of hydrogen-bond acceptors (Lipinski definition) is 6. The van der Waals surface area contributed by atoms with Crippen molar-refractivity contribution < 1.29 is 25.2 Å². The second-order valence-electron chi connectivity index (χ2n) is 4.12. The van der Waals surface area contributed by atoms with E-state index in [0.29, 0.717) is 0 Å². The van der Waals surface area contributed by atoms with Gasteiger partial charge in [0.2, 0.25) is 0 Å². The van der Waals surface area contributed by atoms with Gasteiger partial charge in [-0.2, -0.15) is 0 Å². The third-order valence-electron chi connectivity index (χ3n) is 2.54. The average molecular weight is 256 g/mol. The predicted molar refractivity (Wildman–Crippen MR) is 63.9 cm³/mol. The number of likely N-dealkylation sites (N-methyl/N-ethyl adjacent to an activating group) is 1. The fourth-order valence-corrected chi connectivity index (χ4v) is 1.76. The minimum atomic E-state index is -1.36. The molecule has 0 spiro atoms.